The molecule has 1 aromatic carbocycles. The quantitative estimate of drug-likeness (QED) is 0.465. The molecule has 0 unspecified atom stereocenters. The Hall–Kier alpha value is -2.57. The van der Waals surface area contributed by atoms with Gasteiger partial charge in [-0.1, -0.05) is 56.0 Å². The third-order valence-corrected chi connectivity index (χ3v) is 5.28. The van der Waals surface area contributed by atoms with E-state index in [1.165, 1.54) is 0 Å². The molecule has 0 spiro atoms. The van der Waals surface area contributed by atoms with Gasteiger partial charge in [-0.05, 0) is 30.7 Å². The van der Waals surface area contributed by atoms with E-state index in [4.69, 9.17) is 14.9 Å². The van der Waals surface area contributed by atoms with E-state index in [1.54, 1.807) is 4.90 Å². The van der Waals surface area contributed by atoms with Gasteiger partial charge in [0.05, 0.1) is 0 Å². The van der Waals surface area contributed by atoms with Gasteiger partial charge in [-0.3, -0.25) is 9.59 Å². The van der Waals surface area contributed by atoms with E-state index in [9.17, 15) is 14.4 Å². The number of ether oxygens (including phenoxy) is 1. The third-order valence-electron chi connectivity index (χ3n) is 5.28. The third kappa shape index (κ3) is 7.21. The van der Waals surface area contributed by atoms with E-state index in [0.717, 1.165) is 37.7 Å². The molecule has 7 heteroatoms. The van der Waals surface area contributed by atoms with Crippen molar-refractivity contribution in [3.05, 3.63) is 35.9 Å². The number of carboxylic acid groups (broad SMARTS) is 2. The number of likely N-dealkylation sites (tertiary alicyclic amines) is 1. The van der Waals surface area contributed by atoms with E-state index in [-0.39, 0.29) is 19.1 Å². The number of carboxylic acids is 2. The Balaban J connectivity index is 1.57. The van der Waals surface area contributed by atoms with Crippen LogP contribution in [0.5, 0.6) is 0 Å². The van der Waals surface area contributed by atoms with Gasteiger partial charge in [0.25, 0.3) is 0 Å². The maximum Gasteiger partial charge on any atom is 0.410 e. The van der Waals surface area contributed by atoms with Crippen LogP contribution in [0.1, 0.15) is 50.5 Å². The summed E-state index contributed by atoms with van der Waals surface area (Å²) in [7, 11) is 0. The van der Waals surface area contributed by atoms with Crippen molar-refractivity contribution in [1.82, 2.24) is 4.90 Å². The van der Waals surface area contributed by atoms with Gasteiger partial charge in [-0.2, -0.15) is 0 Å². The lowest BCUT2D eigenvalue weighted by Crippen LogP contribution is -2.38. The summed E-state index contributed by atoms with van der Waals surface area (Å²) in [5.41, 5.74) is 0.971. The minimum atomic E-state index is -1.30. The van der Waals surface area contributed by atoms with Crippen molar-refractivity contribution in [2.45, 2.75) is 51.6 Å². The summed E-state index contributed by atoms with van der Waals surface area (Å²) in [6.07, 6.45) is 5.20. The smallest absolute Gasteiger partial charge is 0.410 e. The highest BCUT2D eigenvalue weighted by Gasteiger charge is 2.25. The standard InChI is InChI=1S/C21H29NO6/c23-19(24)18(20(25)26)10-6-2-3-7-16-11-13-22(14-12-16)21(27)28-15-17-8-4-1-5-9-17/h1,4-5,8-9,16,18H,2-3,6-7,10-15H2,(H,23,24)(H,25,26). The molecular formula is C21H29NO6. The van der Waals surface area contributed by atoms with Crippen LogP contribution in [-0.2, 0) is 20.9 Å². The maximum atomic E-state index is 12.2. The number of aliphatic carboxylic acids is 2. The number of rotatable bonds is 10. The van der Waals surface area contributed by atoms with Crippen molar-refractivity contribution in [2.75, 3.05) is 13.1 Å². The normalized spacial score (nSPS) is 14.8. The van der Waals surface area contributed by atoms with E-state index in [0.29, 0.717) is 25.4 Å². The van der Waals surface area contributed by atoms with Crippen LogP contribution in [0.25, 0.3) is 0 Å². The molecule has 1 fully saturated rings. The van der Waals surface area contributed by atoms with Gasteiger partial charge in [0, 0.05) is 13.1 Å². The fourth-order valence-corrected chi connectivity index (χ4v) is 3.53. The van der Waals surface area contributed by atoms with E-state index in [2.05, 4.69) is 0 Å². The Morgan fingerprint density at radius 2 is 1.64 bits per heavy atom. The number of unbranched alkanes of at least 4 members (excludes halogenated alkanes) is 2. The topological polar surface area (TPSA) is 104 Å². The van der Waals surface area contributed by atoms with Crippen LogP contribution in [0.4, 0.5) is 4.79 Å². The lowest BCUT2D eigenvalue weighted by atomic mass is 9.91. The van der Waals surface area contributed by atoms with Gasteiger partial charge >= 0.3 is 18.0 Å². The van der Waals surface area contributed by atoms with E-state index >= 15 is 0 Å². The SMILES string of the molecule is O=C(O)C(CCCCCC1CCN(C(=O)OCc2ccccc2)CC1)C(=O)O. The minimum Gasteiger partial charge on any atom is -0.481 e. The zero-order valence-corrected chi connectivity index (χ0v) is 16.1. The minimum absolute atomic E-state index is 0.177. The summed E-state index contributed by atoms with van der Waals surface area (Å²) < 4.78 is 5.37. The molecule has 0 aromatic heterocycles. The highest BCUT2D eigenvalue weighted by atomic mass is 16.6. The molecule has 0 saturated carbocycles. The molecule has 0 bridgehead atoms. The Kier molecular flexibility index (Phi) is 8.78. The molecule has 7 nitrogen and oxygen atoms in total. The van der Waals surface area contributed by atoms with Gasteiger partial charge in [-0.25, -0.2) is 4.79 Å². The molecular weight excluding hydrogens is 362 g/mol. The van der Waals surface area contributed by atoms with Crippen molar-refractivity contribution in [3.8, 4) is 0 Å². The predicted octanol–water partition coefficient (Wildman–Crippen LogP) is 3.77. The zero-order valence-electron chi connectivity index (χ0n) is 16.1. The molecule has 1 aliphatic rings. The molecule has 1 saturated heterocycles. The highest BCUT2D eigenvalue weighted by Crippen LogP contribution is 2.24. The largest absolute Gasteiger partial charge is 0.481 e. The first-order valence-corrected chi connectivity index (χ1v) is 9.88. The van der Waals surface area contributed by atoms with Gasteiger partial charge in [0.1, 0.15) is 6.61 Å². The maximum absolute atomic E-state index is 12.2. The number of amides is 1. The molecule has 1 heterocycles. The Morgan fingerprint density at radius 3 is 2.25 bits per heavy atom. The Morgan fingerprint density at radius 1 is 1.00 bits per heavy atom. The zero-order chi connectivity index (χ0) is 20.4. The molecule has 1 aliphatic heterocycles. The number of hydrogen-bond donors (Lipinski definition) is 2. The lowest BCUT2D eigenvalue weighted by Gasteiger charge is -2.31. The number of carbonyl (C=O) groups excluding carboxylic acids is 1. The summed E-state index contributed by atoms with van der Waals surface area (Å²) in [5, 5.41) is 17.7. The van der Waals surface area contributed by atoms with Gasteiger partial charge in [0.15, 0.2) is 5.92 Å². The monoisotopic (exact) mass is 391 g/mol. The number of carbonyl (C=O) groups is 3. The van der Waals surface area contributed by atoms with Crippen LogP contribution in [0, 0.1) is 11.8 Å². The van der Waals surface area contributed by atoms with Crippen molar-refractivity contribution in [2.24, 2.45) is 11.8 Å². The summed E-state index contributed by atoms with van der Waals surface area (Å²) >= 11 is 0. The summed E-state index contributed by atoms with van der Waals surface area (Å²) in [5.74, 6) is -3.28. The average Bonchev–Trinajstić information content (AvgIpc) is 2.69. The molecule has 1 amide bonds. The van der Waals surface area contributed by atoms with Crippen molar-refractivity contribution >= 4 is 18.0 Å². The van der Waals surface area contributed by atoms with Crippen molar-refractivity contribution in [1.29, 1.82) is 0 Å². The number of nitrogens with zero attached hydrogens (tertiary/aromatic N) is 1. The summed E-state index contributed by atoms with van der Waals surface area (Å²) in [6.45, 7) is 1.67. The fourth-order valence-electron chi connectivity index (χ4n) is 3.53. The fraction of sp³-hybridized carbons (Fsp3) is 0.571. The molecule has 1 aromatic rings. The lowest BCUT2D eigenvalue weighted by molar-refractivity contribution is -0.154. The van der Waals surface area contributed by atoms with Crippen LogP contribution >= 0.6 is 0 Å². The van der Waals surface area contributed by atoms with Gasteiger partial charge < -0.3 is 19.8 Å². The number of hydrogen-bond acceptors (Lipinski definition) is 4. The van der Waals surface area contributed by atoms with Crippen LogP contribution in [-0.4, -0.2) is 46.2 Å². The number of piperidine rings is 1. The molecule has 2 N–H and O–H groups in total. The van der Waals surface area contributed by atoms with Gasteiger partial charge in [0.2, 0.25) is 0 Å². The highest BCUT2D eigenvalue weighted by molar-refractivity contribution is 5.92. The Labute approximate surface area is 165 Å². The molecule has 0 aliphatic carbocycles. The number of benzene rings is 1. The first-order valence-electron chi connectivity index (χ1n) is 9.88. The van der Waals surface area contributed by atoms with Crippen molar-refractivity contribution in [3.63, 3.8) is 0 Å². The first-order chi connectivity index (χ1) is 13.5. The molecule has 154 valence electrons. The van der Waals surface area contributed by atoms with E-state index in [1.807, 2.05) is 30.3 Å². The van der Waals surface area contributed by atoms with Crippen LogP contribution in [0.15, 0.2) is 30.3 Å². The van der Waals surface area contributed by atoms with Crippen LogP contribution in [0.2, 0.25) is 0 Å². The molecule has 2 rings (SSSR count). The summed E-state index contributed by atoms with van der Waals surface area (Å²) in [6, 6.07) is 9.60. The first kappa shape index (κ1) is 21.7. The summed E-state index contributed by atoms with van der Waals surface area (Å²) in [4.78, 5) is 35.6. The van der Waals surface area contributed by atoms with Crippen LogP contribution < -0.4 is 0 Å². The molecule has 28 heavy (non-hydrogen) atoms. The second-order valence-electron chi connectivity index (χ2n) is 7.34. The molecule has 0 radical (unpaired) electrons. The molecule has 0 atom stereocenters. The van der Waals surface area contributed by atoms with Gasteiger partial charge in [-0.15, -0.1) is 0 Å². The Bertz CT molecular complexity index is 626. The predicted molar refractivity (Wildman–Crippen MR) is 103 cm³/mol. The van der Waals surface area contributed by atoms with Crippen molar-refractivity contribution < 1.29 is 29.3 Å². The van der Waals surface area contributed by atoms with Crippen LogP contribution in [0.3, 0.4) is 0 Å². The second kappa shape index (κ2) is 11.3. The average molecular weight is 391 g/mol. The van der Waals surface area contributed by atoms with E-state index < -0.39 is 17.9 Å². The second-order valence-corrected chi connectivity index (χ2v) is 7.34.